The minimum Gasteiger partial charge on any atom is -0.351 e. The van der Waals surface area contributed by atoms with Crippen molar-refractivity contribution in [2.24, 2.45) is 5.73 Å². The fourth-order valence-electron chi connectivity index (χ4n) is 1.39. The summed E-state index contributed by atoms with van der Waals surface area (Å²) in [5.74, 6) is 0. The average molecular weight is 221 g/mol. The van der Waals surface area contributed by atoms with E-state index >= 15 is 0 Å². The summed E-state index contributed by atoms with van der Waals surface area (Å²) >= 11 is 0. The van der Waals surface area contributed by atoms with Gasteiger partial charge in [0.05, 0.1) is 0 Å². The second-order valence-corrected chi connectivity index (χ2v) is 4.05. The van der Waals surface area contributed by atoms with Gasteiger partial charge in [0.2, 0.25) is 0 Å². The number of likely N-dealkylation sites (N-methyl/N-ethyl adjacent to an activating group) is 1. The number of nitrogens with two attached hydrogens (primary N) is 1. The molecular weight excluding hydrogens is 202 g/mol. The first-order chi connectivity index (χ1) is 7.59. The lowest BCUT2D eigenvalue weighted by Gasteiger charge is -2.22. The number of urea groups is 1. The van der Waals surface area contributed by atoms with E-state index in [1.54, 1.807) is 4.90 Å². The first-order valence-corrected chi connectivity index (χ1v) is 5.32. The van der Waals surface area contributed by atoms with Crippen LogP contribution in [-0.2, 0) is 6.54 Å². The minimum atomic E-state index is -0.370. The van der Waals surface area contributed by atoms with Gasteiger partial charge >= 0.3 is 6.03 Å². The van der Waals surface area contributed by atoms with Gasteiger partial charge in [0.25, 0.3) is 0 Å². The van der Waals surface area contributed by atoms with Crippen LogP contribution in [-0.4, -0.2) is 43.0 Å². The van der Waals surface area contributed by atoms with E-state index in [0.29, 0.717) is 13.1 Å². The Morgan fingerprint density at radius 3 is 2.31 bits per heavy atom. The van der Waals surface area contributed by atoms with Gasteiger partial charge in [-0.3, -0.25) is 0 Å². The fraction of sp³-hybridized carbons (Fsp3) is 0.417. The largest absolute Gasteiger partial charge is 0.351 e. The Labute approximate surface area is 96.6 Å². The Morgan fingerprint density at radius 2 is 1.81 bits per heavy atom. The molecule has 1 aromatic rings. The maximum absolute atomic E-state index is 11.2. The zero-order chi connectivity index (χ0) is 12.0. The number of amides is 2. The third kappa shape index (κ3) is 4.31. The molecule has 2 amide bonds. The first kappa shape index (κ1) is 12.5. The van der Waals surface area contributed by atoms with Crippen LogP contribution < -0.4 is 5.73 Å². The van der Waals surface area contributed by atoms with E-state index in [1.165, 1.54) is 0 Å². The number of hydrogen-bond acceptors (Lipinski definition) is 2. The summed E-state index contributed by atoms with van der Waals surface area (Å²) in [6.07, 6.45) is 0. The second-order valence-electron chi connectivity index (χ2n) is 4.05. The average Bonchev–Trinajstić information content (AvgIpc) is 2.25. The molecule has 0 aliphatic rings. The first-order valence-electron chi connectivity index (χ1n) is 5.32. The lowest BCUT2D eigenvalue weighted by atomic mass is 10.2. The van der Waals surface area contributed by atoms with E-state index in [4.69, 9.17) is 5.73 Å². The third-order valence-electron chi connectivity index (χ3n) is 2.35. The van der Waals surface area contributed by atoms with Gasteiger partial charge in [-0.1, -0.05) is 30.3 Å². The van der Waals surface area contributed by atoms with Crippen molar-refractivity contribution in [3.8, 4) is 0 Å². The Bertz CT molecular complexity index is 324. The topological polar surface area (TPSA) is 49.6 Å². The van der Waals surface area contributed by atoms with Crippen LogP contribution in [0.1, 0.15) is 5.56 Å². The van der Waals surface area contributed by atoms with Crippen molar-refractivity contribution in [1.29, 1.82) is 0 Å². The van der Waals surface area contributed by atoms with Crippen LogP contribution in [0.25, 0.3) is 0 Å². The van der Waals surface area contributed by atoms with Gasteiger partial charge in [-0.2, -0.15) is 0 Å². The molecule has 0 fully saturated rings. The number of primary amides is 1. The molecule has 4 heteroatoms. The normalized spacial score (nSPS) is 10.4. The van der Waals surface area contributed by atoms with Crippen molar-refractivity contribution in [3.63, 3.8) is 0 Å². The monoisotopic (exact) mass is 221 g/mol. The summed E-state index contributed by atoms with van der Waals surface area (Å²) in [5.41, 5.74) is 6.44. The molecule has 88 valence electrons. The maximum atomic E-state index is 11.2. The van der Waals surface area contributed by atoms with Crippen LogP contribution in [0.5, 0.6) is 0 Å². The van der Waals surface area contributed by atoms with E-state index in [2.05, 4.69) is 0 Å². The summed E-state index contributed by atoms with van der Waals surface area (Å²) < 4.78 is 0. The van der Waals surface area contributed by atoms with Crippen LogP contribution in [0.15, 0.2) is 30.3 Å². The smallest absolute Gasteiger partial charge is 0.315 e. The number of rotatable bonds is 5. The number of nitrogens with zero attached hydrogens (tertiary/aromatic N) is 2. The molecule has 0 radical (unpaired) electrons. The molecule has 2 N–H and O–H groups in total. The molecule has 0 saturated carbocycles. The third-order valence-corrected chi connectivity index (χ3v) is 2.35. The molecule has 16 heavy (non-hydrogen) atoms. The zero-order valence-corrected chi connectivity index (χ0v) is 9.89. The highest BCUT2D eigenvalue weighted by Gasteiger charge is 2.09. The van der Waals surface area contributed by atoms with E-state index in [-0.39, 0.29) is 6.03 Å². The molecule has 0 bridgehead atoms. The fourth-order valence-corrected chi connectivity index (χ4v) is 1.39. The Kier molecular flexibility index (Phi) is 4.79. The molecule has 0 aliphatic carbocycles. The summed E-state index contributed by atoms with van der Waals surface area (Å²) in [6.45, 7) is 2.04. The molecule has 4 nitrogen and oxygen atoms in total. The SMILES string of the molecule is CN(C)CCN(Cc1ccccc1)C(N)=O. The molecule has 1 rings (SSSR count). The molecule has 0 unspecified atom stereocenters. The molecule has 0 atom stereocenters. The van der Waals surface area contributed by atoms with Crippen molar-refractivity contribution < 1.29 is 4.79 Å². The van der Waals surface area contributed by atoms with E-state index in [0.717, 1.165) is 12.1 Å². The zero-order valence-electron chi connectivity index (χ0n) is 9.89. The standard InChI is InChI=1S/C12H19N3O/c1-14(2)8-9-15(12(13)16)10-11-6-4-3-5-7-11/h3-7H,8-10H2,1-2H3,(H2,13,16). The Morgan fingerprint density at radius 1 is 1.19 bits per heavy atom. The number of carbonyl (C=O) groups excluding carboxylic acids is 1. The predicted octanol–water partition coefficient (Wildman–Crippen LogP) is 1.13. The molecule has 0 aromatic heterocycles. The van der Waals surface area contributed by atoms with Gasteiger partial charge in [-0.25, -0.2) is 4.79 Å². The van der Waals surface area contributed by atoms with E-state index in [9.17, 15) is 4.79 Å². The Hall–Kier alpha value is -1.55. The predicted molar refractivity (Wildman–Crippen MR) is 65.0 cm³/mol. The summed E-state index contributed by atoms with van der Waals surface area (Å²) in [5, 5.41) is 0. The summed E-state index contributed by atoms with van der Waals surface area (Å²) in [4.78, 5) is 14.9. The van der Waals surface area contributed by atoms with Crippen LogP contribution in [0.2, 0.25) is 0 Å². The molecule has 1 aromatic carbocycles. The van der Waals surface area contributed by atoms with Crippen LogP contribution in [0, 0.1) is 0 Å². The maximum Gasteiger partial charge on any atom is 0.315 e. The molecule has 0 spiro atoms. The summed E-state index contributed by atoms with van der Waals surface area (Å²) in [6, 6.07) is 9.49. The van der Waals surface area contributed by atoms with Crippen molar-refractivity contribution in [2.45, 2.75) is 6.54 Å². The number of benzene rings is 1. The quantitative estimate of drug-likeness (QED) is 0.810. The molecule has 0 saturated heterocycles. The highest BCUT2D eigenvalue weighted by Crippen LogP contribution is 2.03. The van der Waals surface area contributed by atoms with Crippen molar-refractivity contribution >= 4 is 6.03 Å². The molecule has 0 heterocycles. The Balaban J connectivity index is 2.55. The second kappa shape index (κ2) is 6.12. The lowest BCUT2D eigenvalue weighted by Crippen LogP contribution is -2.39. The van der Waals surface area contributed by atoms with Gasteiger partial charge in [0.15, 0.2) is 0 Å². The van der Waals surface area contributed by atoms with Crippen molar-refractivity contribution in [1.82, 2.24) is 9.80 Å². The minimum absolute atomic E-state index is 0.370. The van der Waals surface area contributed by atoms with Crippen molar-refractivity contribution in [3.05, 3.63) is 35.9 Å². The van der Waals surface area contributed by atoms with Crippen LogP contribution in [0.3, 0.4) is 0 Å². The number of hydrogen-bond donors (Lipinski definition) is 1. The lowest BCUT2D eigenvalue weighted by molar-refractivity contribution is 0.198. The van der Waals surface area contributed by atoms with Gasteiger partial charge in [0, 0.05) is 19.6 Å². The van der Waals surface area contributed by atoms with Crippen LogP contribution in [0.4, 0.5) is 4.79 Å². The van der Waals surface area contributed by atoms with Gasteiger partial charge in [0.1, 0.15) is 0 Å². The molecule has 0 aliphatic heterocycles. The highest BCUT2D eigenvalue weighted by molar-refractivity contribution is 5.72. The van der Waals surface area contributed by atoms with Gasteiger partial charge in [-0.15, -0.1) is 0 Å². The van der Waals surface area contributed by atoms with Crippen molar-refractivity contribution in [2.75, 3.05) is 27.2 Å². The molecular formula is C12H19N3O. The van der Waals surface area contributed by atoms with Crippen LogP contribution >= 0.6 is 0 Å². The van der Waals surface area contributed by atoms with E-state index in [1.807, 2.05) is 49.3 Å². The number of carbonyl (C=O) groups is 1. The highest BCUT2D eigenvalue weighted by atomic mass is 16.2. The summed E-state index contributed by atoms with van der Waals surface area (Å²) in [7, 11) is 3.95. The van der Waals surface area contributed by atoms with E-state index < -0.39 is 0 Å². The van der Waals surface area contributed by atoms with Gasteiger partial charge < -0.3 is 15.5 Å². The van der Waals surface area contributed by atoms with Gasteiger partial charge in [-0.05, 0) is 19.7 Å².